The van der Waals surface area contributed by atoms with Crippen LogP contribution in [0.25, 0.3) is 0 Å². The van der Waals surface area contributed by atoms with Crippen molar-refractivity contribution in [3.05, 3.63) is 0 Å². The summed E-state index contributed by atoms with van der Waals surface area (Å²) in [7, 11) is 0. The van der Waals surface area contributed by atoms with E-state index in [4.69, 9.17) is 0 Å². The van der Waals surface area contributed by atoms with Crippen molar-refractivity contribution in [1.29, 1.82) is 0 Å². The highest BCUT2D eigenvalue weighted by atomic mass is 16.4. The monoisotopic (exact) mass is 197 g/mol. The average molecular weight is 197 g/mol. The number of piperidine rings is 1. The van der Waals surface area contributed by atoms with E-state index in [1.54, 1.807) is 0 Å². The van der Waals surface area contributed by atoms with Gasteiger partial charge >= 0.3 is 5.97 Å². The minimum absolute atomic E-state index is 0.0933. The van der Waals surface area contributed by atoms with Crippen molar-refractivity contribution in [1.82, 2.24) is 5.32 Å². The molecule has 1 saturated carbocycles. The van der Waals surface area contributed by atoms with Crippen molar-refractivity contribution in [2.45, 2.75) is 26.7 Å². The Morgan fingerprint density at radius 3 is 2.21 bits per heavy atom. The molecular formula is C11H19NO2. The van der Waals surface area contributed by atoms with Crippen molar-refractivity contribution < 1.29 is 9.90 Å². The van der Waals surface area contributed by atoms with Crippen molar-refractivity contribution >= 4 is 5.97 Å². The molecule has 2 unspecified atom stereocenters. The summed E-state index contributed by atoms with van der Waals surface area (Å²) in [5, 5.41) is 12.5. The van der Waals surface area contributed by atoms with Crippen molar-refractivity contribution in [2.24, 2.45) is 23.2 Å². The molecule has 0 radical (unpaired) electrons. The third-order valence-electron chi connectivity index (χ3n) is 3.74. The zero-order valence-electron chi connectivity index (χ0n) is 8.92. The third-order valence-corrected chi connectivity index (χ3v) is 3.74. The van der Waals surface area contributed by atoms with Crippen LogP contribution >= 0.6 is 0 Å². The van der Waals surface area contributed by atoms with Crippen molar-refractivity contribution in [3.8, 4) is 0 Å². The van der Waals surface area contributed by atoms with Crippen LogP contribution in [0, 0.1) is 23.2 Å². The van der Waals surface area contributed by atoms with Gasteiger partial charge in [-0.3, -0.25) is 4.79 Å². The first-order chi connectivity index (χ1) is 6.49. The summed E-state index contributed by atoms with van der Waals surface area (Å²) in [6, 6.07) is 0. The van der Waals surface area contributed by atoms with Crippen LogP contribution in [-0.2, 0) is 4.79 Å². The normalized spacial score (nSPS) is 40.6. The highest BCUT2D eigenvalue weighted by molar-refractivity contribution is 5.71. The molecular weight excluding hydrogens is 178 g/mol. The minimum Gasteiger partial charge on any atom is -0.481 e. The van der Waals surface area contributed by atoms with Gasteiger partial charge in [-0.1, -0.05) is 13.8 Å². The molecule has 2 fully saturated rings. The largest absolute Gasteiger partial charge is 0.481 e. The highest BCUT2D eigenvalue weighted by Gasteiger charge is 2.46. The number of fused-ring (bicyclic) bond motifs is 2. The van der Waals surface area contributed by atoms with Crippen LogP contribution < -0.4 is 5.32 Å². The molecule has 2 N–H and O–H groups in total. The first kappa shape index (κ1) is 9.97. The maximum absolute atomic E-state index is 11.2. The summed E-state index contributed by atoms with van der Waals surface area (Å²) in [5.41, 5.74) is 0.337. The highest BCUT2D eigenvalue weighted by Crippen LogP contribution is 2.46. The maximum Gasteiger partial charge on any atom is 0.307 e. The smallest absolute Gasteiger partial charge is 0.307 e. The Kier molecular flexibility index (Phi) is 2.30. The second-order valence-corrected chi connectivity index (χ2v) is 5.61. The number of aliphatic carboxylic acids is 1. The predicted molar refractivity (Wildman–Crippen MR) is 54.0 cm³/mol. The van der Waals surface area contributed by atoms with Crippen LogP contribution in [0.4, 0.5) is 0 Å². The minimum atomic E-state index is -0.586. The van der Waals surface area contributed by atoms with E-state index in [0.717, 1.165) is 25.9 Å². The fourth-order valence-electron chi connectivity index (χ4n) is 3.40. The van der Waals surface area contributed by atoms with Gasteiger partial charge in [0.05, 0.1) is 5.92 Å². The summed E-state index contributed by atoms with van der Waals surface area (Å²) >= 11 is 0. The molecule has 1 saturated heterocycles. The average Bonchev–Trinajstić information content (AvgIpc) is 1.99. The molecule has 0 aromatic rings. The summed E-state index contributed by atoms with van der Waals surface area (Å²) in [4.78, 5) is 11.2. The summed E-state index contributed by atoms with van der Waals surface area (Å²) < 4.78 is 0. The first-order valence-electron chi connectivity index (χ1n) is 5.43. The molecule has 2 aliphatic rings. The number of nitrogens with one attached hydrogen (secondary N) is 1. The Hall–Kier alpha value is -0.570. The second-order valence-electron chi connectivity index (χ2n) is 5.61. The zero-order chi connectivity index (χ0) is 10.3. The Balaban J connectivity index is 2.19. The van der Waals surface area contributed by atoms with E-state index < -0.39 is 5.97 Å². The van der Waals surface area contributed by atoms with Gasteiger partial charge in [-0.15, -0.1) is 0 Å². The van der Waals surface area contributed by atoms with Gasteiger partial charge in [-0.05, 0) is 43.2 Å². The molecule has 3 nitrogen and oxygen atoms in total. The molecule has 2 rings (SSSR count). The molecule has 80 valence electrons. The van der Waals surface area contributed by atoms with Gasteiger partial charge in [0.2, 0.25) is 0 Å². The fourth-order valence-corrected chi connectivity index (χ4v) is 3.40. The third kappa shape index (κ3) is 1.65. The van der Waals surface area contributed by atoms with Crippen LogP contribution in [0.2, 0.25) is 0 Å². The molecule has 1 aliphatic heterocycles. The first-order valence-corrected chi connectivity index (χ1v) is 5.43. The van der Waals surface area contributed by atoms with E-state index in [-0.39, 0.29) is 5.92 Å². The maximum atomic E-state index is 11.2. The van der Waals surface area contributed by atoms with E-state index in [0.29, 0.717) is 17.3 Å². The van der Waals surface area contributed by atoms with Gasteiger partial charge in [0.25, 0.3) is 0 Å². The number of carboxylic acid groups (broad SMARTS) is 1. The topological polar surface area (TPSA) is 49.3 Å². The molecule has 3 heteroatoms. The van der Waals surface area contributed by atoms with Crippen LogP contribution in [0.3, 0.4) is 0 Å². The quantitative estimate of drug-likeness (QED) is 0.667. The van der Waals surface area contributed by atoms with Gasteiger partial charge in [0, 0.05) is 0 Å². The van der Waals surface area contributed by atoms with Gasteiger partial charge < -0.3 is 10.4 Å². The molecule has 2 bridgehead atoms. The van der Waals surface area contributed by atoms with Gasteiger partial charge in [0.1, 0.15) is 0 Å². The number of hydrogen-bond donors (Lipinski definition) is 2. The Morgan fingerprint density at radius 2 is 1.79 bits per heavy atom. The molecule has 1 aliphatic carbocycles. The molecule has 1 heterocycles. The zero-order valence-corrected chi connectivity index (χ0v) is 8.92. The lowest BCUT2D eigenvalue weighted by Crippen LogP contribution is -2.52. The molecule has 0 spiro atoms. The SMILES string of the molecule is CC1(C)CC2CNCC(C1)C2C(=O)O. The van der Waals surface area contributed by atoms with Crippen LogP contribution in [0.5, 0.6) is 0 Å². The molecule has 14 heavy (non-hydrogen) atoms. The lowest BCUT2D eigenvalue weighted by Gasteiger charge is -2.47. The van der Waals surface area contributed by atoms with Crippen LogP contribution in [0.1, 0.15) is 26.7 Å². The Bertz CT molecular complexity index is 234. The van der Waals surface area contributed by atoms with Crippen LogP contribution in [0.15, 0.2) is 0 Å². The lowest BCUT2D eigenvalue weighted by atomic mass is 9.60. The molecule has 0 amide bonds. The fraction of sp³-hybridized carbons (Fsp3) is 0.909. The van der Waals surface area contributed by atoms with Crippen molar-refractivity contribution in [2.75, 3.05) is 13.1 Å². The number of hydrogen-bond acceptors (Lipinski definition) is 2. The van der Waals surface area contributed by atoms with E-state index in [1.807, 2.05) is 0 Å². The summed E-state index contributed by atoms with van der Waals surface area (Å²) in [6.45, 7) is 6.29. The van der Waals surface area contributed by atoms with Gasteiger partial charge in [-0.2, -0.15) is 0 Å². The van der Waals surface area contributed by atoms with Gasteiger partial charge in [0.15, 0.2) is 0 Å². The van der Waals surface area contributed by atoms with Gasteiger partial charge in [-0.25, -0.2) is 0 Å². The number of carbonyl (C=O) groups is 1. The van der Waals surface area contributed by atoms with Crippen LogP contribution in [-0.4, -0.2) is 24.2 Å². The molecule has 0 aromatic heterocycles. The van der Waals surface area contributed by atoms with E-state index in [9.17, 15) is 9.90 Å². The van der Waals surface area contributed by atoms with Crippen molar-refractivity contribution in [3.63, 3.8) is 0 Å². The Morgan fingerprint density at radius 1 is 1.29 bits per heavy atom. The van der Waals surface area contributed by atoms with E-state index >= 15 is 0 Å². The van der Waals surface area contributed by atoms with E-state index in [2.05, 4.69) is 19.2 Å². The summed E-state index contributed by atoms with van der Waals surface area (Å²) in [5.74, 6) is 0.00581. The number of carboxylic acids is 1. The standard InChI is InChI=1S/C11H19NO2/c1-11(2)3-7-5-12-6-8(4-11)9(7)10(13)14/h7-9,12H,3-6H2,1-2H3,(H,13,14). The lowest BCUT2D eigenvalue weighted by molar-refractivity contribution is -0.150. The van der Waals surface area contributed by atoms with E-state index in [1.165, 1.54) is 0 Å². The number of rotatable bonds is 1. The Labute approximate surface area is 84.9 Å². The molecule has 0 aromatic carbocycles. The molecule has 2 atom stereocenters. The second kappa shape index (κ2) is 3.23. The predicted octanol–water partition coefficient (Wildman–Crippen LogP) is 1.34. The summed E-state index contributed by atoms with van der Waals surface area (Å²) in [6.07, 6.45) is 2.10.